The SMILES string of the molecule is Cc1[nH]c2ccccc2c1C(=O)C(=O)NCCn1ccnc1-c1ccccn1. The fraction of sp³-hybridized carbons (Fsp3) is 0.143. The summed E-state index contributed by atoms with van der Waals surface area (Å²) in [5, 5.41) is 3.46. The molecule has 0 atom stereocenters. The molecular formula is C21H19N5O2. The quantitative estimate of drug-likeness (QED) is 0.401. The number of H-pyrrole nitrogens is 1. The molecule has 2 N–H and O–H groups in total. The predicted octanol–water partition coefficient (Wildman–Crippen LogP) is 2.73. The fourth-order valence-electron chi connectivity index (χ4n) is 3.27. The molecule has 3 heterocycles. The fourth-order valence-corrected chi connectivity index (χ4v) is 3.27. The normalized spacial score (nSPS) is 10.9. The van der Waals surface area contributed by atoms with Crippen molar-refractivity contribution in [1.82, 2.24) is 24.8 Å². The van der Waals surface area contributed by atoms with Gasteiger partial charge in [0.25, 0.3) is 11.7 Å². The van der Waals surface area contributed by atoms with Crippen molar-refractivity contribution in [2.75, 3.05) is 6.54 Å². The van der Waals surface area contributed by atoms with E-state index in [-0.39, 0.29) is 0 Å². The van der Waals surface area contributed by atoms with Crippen molar-refractivity contribution in [1.29, 1.82) is 0 Å². The van der Waals surface area contributed by atoms with Crippen molar-refractivity contribution in [3.05, 3.63) is 72.3 Å². The highest BCUT2D eigenvalue weighted by atomic mass is 16.2. The number of imidazole rings is 1. The molecule has 0 aliphatic carbocycles. The van der Waals surface area contributed by atoms with Gasteiger partial charge in [0.15, 0.2) is 5.82 Å². The van der Waals surface area contributed by atoms with Crippen LogP contribution in [0.15, 0.2) is 61.1 Å². The largest absolute Gasteiger partial charge is 0.358 e. The molecule has 0 radical (unpaired) electrons. The lowest BCUT2D eigenvalue weighted by Crippen LogP contribution is -2.33. The molecular weight excluding hydrogens is 354 g/mol. The Morgan fingerprint density at radius 2 is 1.89 bits per heavy atom. The summed E-state index contributed by atoms with van der Waals surface area (Å²) in [5.41, 5.74) is 2.71. The number of Topliss-reactive ketones (excluding diaryl/α,β-unsaturated/α-hetero) is 1. The van der Waals surface area contributed by atoms with Crippen LogP contribution in [0.25, 0.3) is 22.4 Å². The molecule has 1 aromatic carbocycles. The Morgan fingerprint density at radius 3 is 2.71 bits per heavy atom. The van der Waals surface area contributed by atoms with Gasteiger partial charge >= 0.3 is 0 Å². The third-order valence-electron chi connectivity index (χ3n) is 4.57. The van der Waals surface area contributed by atoms with Crippen molar-refractivity contribution in [3.8, 4) is 11.5 Å². The van der Waals surface area contributed by atoms with Gasteiger partial charge in [-0.3, -0.25) is 14.6 Å². The van der Waals surface area contributed by atoms with Crippen LogP contribution < -0.4 is 5.32 Å². The second-order valence-corrected chi connectivity index (χ2v) is 6.41. The maximum atomic E-state index is 12.7. The van der Waals surface area contributed by atoms with Gasteiger partial charge in [-0.1, -0.05) is 24.3 Å². The Bertz CT molecular complexity index is 1140. The summed E-state index contributed by atoms with van der Waals surface area (Å²) in [4.78, 5) is 36.8. The summed E-state index contributed by atoms with van der Waals surface area (Å²) in [6.45, 7) is 2.59. The lowest BCUT2D eigenvalue weighted by Gasteiger charge is -2.08. The summed E-state index contributed by atoms with van der Waals surface area (Å²) in [6.07, 6.45) is 5.21. The van der Waals surface area contributed by atoms with E-state index in [2.05, 4.69) is 20.3 Å². The smallest absolute Gasteiger partial charge is 0.292 e. The number of nitrogens with one attached hydrogen (secondary N) is 2. The number of hydrogen-bond acceptors (Lipinski definition) is 4. The highest BCUT2D eigenvalue weighted by Crippen LogP contribution is 2.22. The van der Waals surface area contributed by atoms with Crippen molar-refractivity contribution in [3.63, 3.8) is 0 Å². The van der Waals surface area contributed by atoms with Crippen LogP contribution in [0.3, 0.4) is 0 Å². The van der Waals surface area contributed by atoms with E-state index in [1.807, 2.05) is 53.2 Å². The average Bonchev–Trinajstić information content (AvgIpc) is 3.31. The third kappa shape index (κ3) is 3.29. The third-order valence-corrected chi connectivity index (χ3v) is 4.57. The minimum absolute atomic E-state index is 0.308. The molecule has 0 bridgehead atoms. The molecule has 0 fully saturated rings. The molecule has 0 saturated heterocycles. The lowest BCUT2D eigenvalue weighted by molar-refractivity contribution is -0.117. The van der Waals surface area contributed by atoms with Crippen LogP contribution >= 0.6 is 0 Å². The topological polar surface area (TPSA) is 92.7 Å². The minimum Gasteiger partial charge on any atom is -0.358 e. The number of para-hydroxylation sites is 1. The molecule has 7 heteroatoms. The van der Waals surface area contributed by atoms with Gasteiger partial charge in [-0.25, -0.2) is 4.98 Å². The molecule has 3 aromatic heterocycles. The Hall–Kier alpha value is -3.74. The molecule has 1 amide bonds. The number of ketones is 1. The van der Waals surface area contributed by atoms with E-state index < -0.39 is 11.7 Å². The molecule has 0 aliphatic heterocycles. The lowest BCUT2D eigenvalue weighted by atomic mass is 10.1. The first-order valence-corrected chi connectivity index (χ1v) is 8.97. The van der Waals surface area contributed by atoms with Crippen LogP contribution in [-0.4, -0.2) is 37.8 Å². The number of fused-ring (bicyclic) bond motifs is 1. The molecule has 0 aliphatic rings. The number of nitrogens with zero attached hydrogens (tertiary/aromatic N) is 3. The van der Waals surface area contributed by atoms with E-state index in [9.17, 15) is 9.59 Å². The monoisotopic (exact) mass is 373 g/mol. The summed E-state index contributed by atoms with van der Waals surface area (Å²) in [6, 6.07) is 13.1. The Balaban J connectivity index is 1.44. The van der Waals surface area contributed by atoms with Gasteiger partial charge < -0.3 is 14.9 Å². The van der Waals surface area contributed by atoms with Crippen LogP contribution in [0.5, 0.6) is 0 Å². The predicted molar refractivity (Wildman–Crippen MR) is 106 cm³/mol. The van der Waals surface area contributed by atoms with Gasteiger partial charge in [-0.15, -0.1) is 0 Å². The number of carbonyl (C=O) groups excluding carboxylic acids is 2. The number of aromatic amines is 1. The molecule has 4 rings (SSSR count). The Kier molecular flexibility index (Phi) is 4.72. The van der Waals surface area contributed by atoms with Crippen molar-refractivity contribution < 1.29 is 9.59 Å². The van der Waals surface area contributed by atoms with Gasteiger partial charge in [0, 0.05) is 48.3 Å². The first kappa shape index (κ1) is 17.7. The molecule has 7 nitrogen and oxygen atoms in total. The van der Waals surface area contributed by atoms with Crippen LogP contribution in [0, 0.1) is 6.92 Å². The molecule has 28 heavy (non-hydrogen) atoms. The zero-order chi connectivity index (χ0) is 19.5. The number of aromatic nitrogens is 4. The maximum Gasteiger partial charge on any atom is 0.292 e. The number of rotatable bonds is 6. The zero-order valence-electron chi connectivity index (χ0n) is 15.3. The first-order valence-electron chi connectivity index (χ1n) is 8.97. The summed E-state index contributed by atoms with van der Waals surface area (Å²) >= 11 is 0. The van der Waals surface area contributed by atoms with Crippen molar-refractivity contribution in [2.24, 2.45) is 0 Å². The second kappa shape index (κ2) is 7.48. The highest BCUT2D eigenvalue weighted by Gasteiger charge is 2.22. The number of amides is 1. The van der Waals surface area contributed by atoms with E-state index in [4.69, 9.17) is 0 Å². The molecule has 140 valence electrons. The van der Waals surface area contributed by atoms with Gasteiger partial charge in [0.2, 0.25) is 0 Å². The average molecular weight is 373 g/mol. The minimum atomic E-state index is -0.618. The number of pyridine rings is 1. The summed E-state index contributed by atoms with van der Waals surface area (Å²) in [5.74, 6) is -0.438. The number of hydrogen-bond donors (Lipinski definition) is 2. The number of benzene rings is 1. The van der Waals surface area contributed by atoms with Crippen LogP contribution in [0.1, 0.15) is 16.1 Å². The van der Waals surface area contributed by atoms with E-state index >= 15 is 0 Å². The van der Waals surface area contributed by atoms with E-state index in [0.717, 1.165) is 16.6 Å². The maximum absolute atomic E-state index is 12.7. The van der Waals surface area contributed by atoms with Gasteiger partial charge in [0.1, 0.15) is 5.69 Å². The Labute approximate surface area is 161 Å². The van der Waals surface area contributed by atoms with Gasteiger partial charge in [-0.05, 0) is 25.1 Å². The summed E-state index contributed by atoms with van der Waals surface area (Å²) < 4.78 is 1.89. The van der Waals surface area contributed by atoms with Crippen molar-refractivity contribution in [2.45, 2.75) is 13.5 Å². The van der Waals surface area contributed by atoms with E-state index in [0.29, 0.717) is 30.2 Å². The zero-order valence-corrected chi connectivity index (χ0v) is 15.3. The van der Waals surface area contributed by atoms with E-state index in [1.54, 1.807) is 19.3 Å². The number of aryl methyl sites for hydroxylation is 1. The van der Waals surface area contributed by atoms with Crippen LogP contribution in [-0.2, 0) is 11.3 Å². The first-order chi connectivity index (χ1) is 13.6. The second-order valence-electron chi connectivity index (χ2n) is 6.41. The molecule has 0 saturated carbocycles. The van der Waals surface area contributed by atoms with Gasteiger partial charge in [-0.2, -0.15) is 0 Å². The molecule has 0 spiro atoms. The van der Waals surface area contributed by atoms with Crippen LogP contribution in [0.2, 0.25) is 0 Å². The molecule has 0 unspecified atom stereocenters. The number of carbonyl (C=O) groups is 2. The standard InChI is InChI=1S/C21H19N5O2/c1-14-18(15-6-2-3-7-16(15)25-14)19(27)21(28)24-11-13-26-12-10-23-20(26)17-8-4-5-9-22-17/h2-10,12,25H,11,13H2,1H3,(H,24,28). The molecule has 4 aromatic rings. The highest BCUT2D eigenvalue weighted by molar-refractivity contribution is 6.45. The van der Waals surface area contributed by atoms with Crippen LogP contribution in [0.4, 0.5) is 0 Å². The van der Waals surface area contributed by atoms with Gasteiger partial charge in [0.05, 0.1) is 5.56 Å². The van der Waals surface area contributed by atoms with E-state index in [1.165, 1.54) is 0 Å². The summed E-state index contributed by atoms with van der Waals surface area (Å²) in [7, 11) is 0. The van der Waals surface area contributed by atoms with Crippen molar-refractivity contribution >= 4 is 22.6 Å². The Morgan fingerprint density at radius 1 is 1.07 bits per heavy atom.